The van der Waals surface area contributed by atoms with Gasteiger partial charge in [0.15, 0.2) is 11.5 Å². The zero-order chi connectivity index (χ0) is 17.2. The summed E-state index contributed by atoms with van der Waals surface area (Å²) >= 11 is 6.00. The first kappa shape index (κ1) is 17.1. The second kappa shape index (κ2) is 7.01. The third kappa shape index (κ3) is 3.51. The van der Waals surface area contributed by atoms with Crippen LogP contribution in [0.2, 0.25) is 5.02 Å². The summed E-state index contributed by atoms with van der Waals surface area (Å²) in [6, 6.07) is 7.19. The fourth-order valence-corrected chi connectivity index (χ4v) is 3.85. The normalized spacial score (nSPS) is 25.0. The highest BCUT2D eigenvalue weighted by molar-refractivity contribution is 6.30. The first-order chi connectivity index (χ1) is 11.5. The molecule has 24 heavy (non-hydrogen) atoms. The van der Waals surface area contributed by atoms with Gasteiger partial charge in [-0.1, -0.05) is 49.8 Å². The van der Waals surface area contributed by atoms with Gasteiger partial charge in [0.05, 0.1) is 0 Å². The van der Waals surface area contributed by atoms with Crippen LogP contribution in [-0.2, 0) is 4.79 Å². The molecule has 1 aromatic carbocycles. The summed E-state index contributed by atoms with van der Waals surface area (Å²) in [6.45, 7) is 0.188. The SMILES string of the molecule is CN1C(=O)[C@@](COc2cccc(Cl)c2)(CC2CCCCC2)N=C1N. The van der Waals surface area contributed by atoms with Crippen molar-refractivity contribution < 1.29 is 9.53 Å². The lowest BCUT2D eigenvalue weighted by Gasteiger charge is -2.31. The molecule has 130 valence electrons. The van der Waals surface area contributed by atoms with Crippen LogP contribution in [-0.4, -0.2) is 36.0 Å². The predicted molar refractivity (Wildman–Crippen MR) is 95.3 cm³/mol. The Morgan fingerprint density at radius 3 is 2.75 bits per heavy atom. The number of carbonyl (C=O) groups is 1. The van der Waals surface area contributed by atoms with Crippen LogP contribution < -0.4 is 10.5 Å². The number of benzene rings is 1. The van der Waals surface area contributed by atoms with Crippen LogP contribution in [0.3, 0.4) is 0 Å². The van der Waals surface area contributed by atoms with E-state index in [9.17, 15) is 4.79 Å². The average molecular weight is 350 g/mol. The maximum Gasteiger partial charge on any atom is 0.260 e. The molecule has 0 radical (unpaired) electrons. The second-order valence-electron chi connectivity index (χ2n) is 6.82. The Labute approximate surface area is 147 Å². The molecule has 0 aromatic heterocycles. The van der Waals surface area contributed by atoms with Gasteiger partial charge in [0.1, 0.15) is 12.4 Å². The Hall–Kier alpha value is -1.75. The van der Waals surface area contributed by atoms with Crippen molar-refractivity contribution in [1.29, 1.82) is 0 Å². The van der Waals surface area contributed by atoms with Crippen molar-refractivity contribution in [2.75, 3.05) is 13.7 Å². The molecule has 6 heteroatoms. The van der Waals surface area contributed by atoms with Crippen molar-refractivity contribution in [1.82, 2.24) is 4.90 Å². The van der Waals surface area contributed by atoms with Gasteiger partial charge in [-0.3, -0.25) is 9.69 Å². The van der Waals surface area contributed by atoms with Gasteiger partial charge in [0.25, 0.3) is 5.91 Å². The number of likely N-dealkylation sites (N-methyl/N-ethyl adjacent to an activating group) is 1. The number of ether oxygens (including phenoxy) is 1. The first-order valence-electron chi connectivity index (χ1n) is 8.52. The highest BCUT2D eigenvalue weighted by atomic mass is 35.5. The molecule has 0 saturated heterocycles. The minimum Gasteiger partial charge on any atom is -0.490 e. The van der Waals surface area contributed by atoms with Crippen LogP contribution in [0.4, 0.5) is 0 Å². The van der Waals surface area contributed by atoms with E-state index in [-0.39, 0.29) is 18.5 Å². The van der Waals surface area contributed by atoms with Crippen LogP contribution in [0.15, 0.2) is 29.3 Å². The Morgan fingerprint density at radius 1 is 1.38 bits per heavy atom. The van der Waals surface area contributed by atoms with Crippen LogP contribution in [0.1, 0.15) is 38.5 Å². The molecule has 1 aliphatic carbocycles. The standard InChI is InChI=1S/C18H24ClN3O2/c1-22-16(23)18(21-17(22)20,11-13-6-3-2-4-7-13)12-24-15-9-5-8-14(19)10-15/h5,8-10,13H,2-4,6-7,11-12H2,1H3,(H2,20,21)/t18-/m0/s1. The third-order valence-corrected chi connectivity index (χ3v) is 5.23. The van der Waals surface area contributed by atoms with Gasteiger partial charge >= 0.3 is 0 Å². The maximum atomic E-state index is 12.8. The van der Waals surface area contributed by atoms with Gasteiger partial charge in [0, 0.05) is 12.1 Å². The Bertz CT molecular complexity index is 643. The fraction of sp³-hybridized carbons (Fsp3) is 0.556. The molecule has 1 saturated carbocycles. The summed E-state index contributed by atoms with van der Waals surface area (Å²) < 4.78 is 5.89. The molecule has 1 fully saturated rings. The molecular formula is C18H24ClN3O2. The van der Waals surface area contributed by atoms with Crippen LogP contribution in [0.25, 0.3) is 0 Å². The number of rotatable bonds is 5. The Balaban J connectivity index is 1.78. The Morgan fingerprint density at radius 2 is 2.12 bits per heavy atom. The highest BCUT2D eigenvalue weighted by Gasteiger charge is 2.48. The molecule has 3 rings (SSSR count). The number of halogens is 1. The number of amides is 1. The van der Waals surface area contributed by atoms with E-state index in [0.717, 1.165) is 12.8 Å². The molecule has 1 aromatic rings. The van der Waals surface area contributed by atoms with E-state index in [2.05, 4.69) is 4.99 Å². The fourth-order valence-electron chi connectivity index (χ4n) is 3.67. The molecule has 0 bridgehead atoms. The number of guanidine groups is 1. The lowest BCUT2D eigenvalue weighted by Crippen LogP contribution is -2.47. The van der Waals surface area contributed by atoms with E-state index in [1.54, 1.807) is 19.2 Å². The topological polar surface area (TPSA) is 67.9 Å². The van der Waals surface area contributed by atoms with E-state index in [0.29, 0.717) is 23.1 Å². The molecule has 0 spiro atoms. The van der Waals surface area contributed by atoms with E-state index in [4.69, 9.17) is 22.1 Å². The van der Waals surface area contributed by atoms with Gasteiger partial charge in [-0.2, -0.15) is 0 Å². The summed E-state index contributed by atoms with van der Waals surface area (Å²) in [5.41, 5.74) is 5.01. The molecule has 1 aliphatic heterocycles. The van der Waals surface area contributed by atoms with Gasteiger partial charge in [0.2, 0.25) is 0 Å². The lowest BCUT2D eigenvalue weighted by molar-refractivity contribution is -0.132. The molecule has 1 heterocycles. The molecule has 1 atom stereocenters. The molecule has 5 nitrogen and oxygen atoms in total. The van der Waals surface area contributed by atoms with Crippen LogP contribution in [0, 0.1) is 5.92 Å². The van der Waals surface area contributed by atoms with Gasteiger partial charge in [-0.05, 0) is 30.5 Å². The molecular weight excluding hydrogens is 326 g/mol. The molecule has 0 unspecified atom stereocenters. The van der Waals surface area contributed by atoms with E-state index in [1.165, 1.54) is 24.2 Å². The third-order valence-electron chi connectivity index (χ3n) is 5.00. The van der Waals surface area contributed by atoms with E-state index < -0.39 is 5.54 Å². The summed E-state index contributed by atoms with van der Waals surface area (Å²) in [6.07, 6.45) is 6.70. The molecule has 2 aliphatic rings. The van der Waals surface area contributed by atoms with Crippen molar-refractivity contribution in [3.05, 3.63) is 29.3 Å². The highest BCUT2D eigenvalue weighted by Crippen LogP contribution is 2.36. The minimum absolute atomic E-state index is 0.0763. The average Bonchev–Trinajstić information content (AvgIpc) is 2.78. The molecule has 2 N–H and O–H groups in total. The zero-order valence-electron chi connectivity index (χ0n) is 14.0. The quantitative estimate of drug-likeness (QED) is 0.887. The number of hydrogen-bond acceptors (Lipinski definition) is 4. The van der Waals surface area contributed by atoms with Gasteiger partial charge < -0.3 is 10.5 Å². The van der Waals surface area contributed by atoms with Crippen LogP contribution in [0.5, 0.6) is 5.75 Å². The summed E-state index contributed by atoms with van der Waals surface area (Å²) in [7, 11) is 1.67. The summed E-state index contributed by atoms with van der Waals surface area (Å²) in [5, 5.41) is 0.603. The number of carbonyl (C=O) groups excluding carboxylic acids is 1. The Kier molecular flexibility index (Phi) is 4.99. The lowest BCUT2D eigenvalue weighted by atomic mass is 9.79. The largest absolute Gasteiger partial charge is 0.490 e. The minimum atomic E-state index is -0.914. The van der Waals surface area contributed by atoms with Crippen molar-refractivity contribution in [3.63, 3.8) is 0 Å². The van der Waals surface area contributed by atoms with E-state index in [1.807, 2.05) is 12.1 Å². The van der Waals surface area contributed by atoms with Gasteiger partial charge in [-0.15, -0.1) is 0 Å². The van der Waals surface area contributed by atoms with Gasteiger partial charge in [-0.25, -0.2) is 4.99 Å². The van der Waals surface area contributed by atoms with Crippen molar-refractivity contribution in [2.45, 2.75) is 44.1 Å². The zero-order valence-corrected chi connectivity index (χ0v) is 14.8. The van der Waals surface area contributed by atoms with Crippen molar-refractivity contribution >= 4 is 23.5 Å². The second-order valence-corrected chi connectivity index (χ2v) is 7.26. The monoisotopic (exact) mass is 349 g/mol. The number of hydrogen-bond donors (Lipinski definition) is 1. The number of nitrogens with zero attached hydrogens (tertiary/aromatic N) is 2. The summed E-state index contributed by atoms with van der Waals surface area (Å²) in [5.74, 6) is 1.33. The van der Waals surface area contributed by atoms with Crippen molar-refractivity contribution in [2.24, 2.45) is 16.6 Å². The smallest absolute Gasteiger partial charge is 0.260 e. The first-order valence-corrected chi connectivity index (χ1v) is 8.90. The van der Waals surface area contributed by atoms with Crippen LogP contribution >= 0.6 is 11.6 Å². The number of aliphatic imine (C=N–C) groups is 1. The summed E-state index contributed by atoms with van der Waals surface area (Å²) in [4.78, 5) is 18.8. The maximum absolute atomic E-state index is 12.8. The predicted octanol–water partition coefficient (Wildman–Crippen LogP) is 3.21. The van der Waals surface area contributed by atoms with Crippen molar-refractivity contribution in [3.8, 4) is 5.75 Å². The number of nitrogens with two attached hydrogens (primary N) is 1. The van der Waals surface area contributed by atoms with E-state index >= 15 is 0 Å². The molecule has 1 amide bonds.